The molecule has 0 spiro atoms. The van der Waals surface area contributed by atoms with Gasteiger partial charge >= 0.3 is 0 Å². The summed E-state index contributed by atoms with van der Waals surface area (Å²) in [5.41, 5.74) is 2.54. The Morgan fingerprint density at radius 3 is 2.76 bits per heavy atom. The van der Waals surface area contributed by atoms with Gasteiger partial charge in [0.15, 0.2) is 0 Å². The molecule has 0 aliphatic carbocycles. The molecule has 1 saturated heterocycles. The number of nitrogens with zero attached hydrogens (tertiary/aromatic N) is 3. The smallest absolute Gasteiger partial charge is 0.0638 e. The first-order chi connectivity index (χ1) is 10.1. The summed E-state index contributed by atoms with van der Waals surface area (Å²) >= 11 is 1.96. The second-order valence-electron chi connectivity index (χ2n) is 6.20. The van der Waals surface area contributed by atoms with E-state index in [0.29, 0.717) is 6.04 Å². The average molecular weight is 303 g/mol. The Balaban J connectivity index is 1.83. The lowest BCUT2D eigenvalue weighted by molar-refractivity contribution is 0.195. The van der Waals surface area contributed by atoms with E-state index in [1.807, 2.05) is 23.1 Å². The van der Waals surface area contributed by atoms with Gasteiger partial charge in [-0.3, -0.25) is 9.58 Å². The predicted molar refractivity (Wildman–Crippen MR) is 88.6 cm³/mol. The number of hydrogen-bond donors (Lipinski definition) is 0. The maximum absolute atomic E-state index is 4.49. The zero-order chi connectivity index (χ0) is 14.8. The highest BCUT2D eigenvalue weighted by atomic mass is 32.1. The van der Waals surface area contributed by atoms with Crippen molar-refractivity contribution < 1.29 is 0 Å². The second-order valence-corrected chi connectivity index (χ2v) is 7.52. The van der Waals surface area contributed by atoms with Crippen LogP contribution < -0.4 is 0 Å². The highest BCUT2D eigenvalue weighted by molar-refractivity contribution is 7.12. The summed E-state index contributed by atoms with van der Waals surface area (Å²) in [6.07, 6.45) is 7.50. The van der Waals surface area contributed by atoms with Gasteiger partial charge in [0, 0.05) is 41.1 Å². The summed E-state index contributed by atoms with van der Waals surface area (Å²) in [4.78, 5) is 5.63. The standard InChI is InChI=1S/C17H25N3S/c1-13-8-9-17(21-13)16-7-5-4-6-10-20(16)12-15-11-19(3)18-14(15)2/h8-9,11,16H,4-7,10,12H2,1-3H3/t16-/m0/s1. The van der Waals surface area contributed by atoms with Gasteiger partial charge in [-0.1, -0.05) is 12.8 Å². The molecule has 21 heavy (non-hydrogen) atoms. The van der Waals surface area contributed by atoms with Crippen LogP contribution in [0.5, 0.6) is 0 Å². The second kappa shape index (κ2) is 6.32. The highest BCUT2D eigenvalue weighted by Crippen LogP contribution is 2.35. The van der Waals surface area contributed by atoms with E-state index < -0.39 is 0 Å². The van der Waals surface area contributed by atoms with E-state index in [4.69, 9.17) is 0 Å². The fourth-order valence-electron chi connectivity index (χ4n) is 3.33. The number of rotatable bonds is 3. The van der Waals surface area contributed by atoms with E-state index >= 15 is 0 Å². The molecule has 1 atom stereocenters. The maximum Gasteiger partial charge on any atom is 0.0638 e. The van der Waals surface area contributed by atoms with Crippen molar-refractivity contribution in [2.75, 3.05) is 6.54 Å². The lowest BCUT2D eigenvalue weighted by atomic mass is 10.1. The van der Waals surface area contributed by atoms with Crippen molar-refractivity contribution in [1.82, 2.24) is 14.7 Å². The van der Waals surface area contributed by atoms with Crippen LogP contribution in [0.2, 0.25) is 0 Å². The summed E-state index contributed by atoms with van der Waals surface area (Å²) in [5, 5.41) is 4.49. The topological polar surface area (TPSA) is 21.1 Å². The number of thiophene rings is 1. The molecule has 2 aromatic rings. The molecule has 3 rings (SSSR count). The van der Waals surface area contributed by atoms with Crippen LogP contribution in [0.4, 0.5) is 0 Å². The van der Waals surface area contributed by atoms with Gasteiger partial charge in [0.05, 0.1) is 5.69 Å². The van der Waals surface area contributed by atoms with E-state index in [1.165, 1.54) is 53.2 Å². The van der Waals surface area contributed by atoms with Gasteiger partial charge in [0.25, 0.3) is 0 Å². The van der Waals surface area contributed by atoms with E-state index in [9.17, 15) is 0 Å². The third-order valence-electron chi connectivity index (χ3n) is 4.44. The lowest BCUT2D eigenvalue weighted by Gasteiger charge is -2.29. The molecule has 0 amide bonds. The molecule has 114 valence electrons. The summed E-state index contributed by atoms with van der Waals surface area (Å²) < 4.78 is 1.94. The van der Waals surface area contributed by atoms with Gasteiger partial charge in [-0.15, -0.1) is 11.3 Å². The van der Waals surface area contributed by atoms with Crippen LogP contribution >= 0.6 is 11.3 Å². The van der Waals surface area contributed by atoms with Crippen LogP contribution in [-0.2, 0) is 13.6 Å². The van der Waals surface area contributed by atoms with Crippen molar-refractivity contribution in [3.05, 3.63) is 39.3 Å². The molecule has 1 fully saturated rings. The normalized spacial score (nSPS) is 20.6. The third kappa shape index (κ3) is 3.38. The summed E-state index contributed by atoms with van der Waals surface area (Å²) in [6.45, 7) is 6.56. The molecule has 3 nitrogen and oxygen atoms in total. The number of aryl methyl sites for hydroxylation is 3. The Bertz CT molecular complexity index is 599. The Kier molecular flexibility index (Phi) is 4.45. The van der Waals surface area contributed by atoms with Gasteiger partial charge < -0.3 is 0 Å². The lowest BCUT2D eigenvalue weighted by Crippen LogP contribution is -2.27. The maximum atomic E-state index is 4.49. The largest absolute Gasteiger partial charge is 0.291 e. The van der Waals surface area contributed by atoms with E-state index in [2.05, 4.69) is 42.2 Å². The predicted octanol–water partition coefficient (Wildman–Crippen LogP) is 4.22. The monoisotopic (exact) mass is 303 g/mol. The average Bonchev–Trinajstić information content (AvgIpc) is 2.90. The van der Waals surface area contributed by atoms with Crippen LogP contribution in [0.15, 0.2) is 18.3 Å². The molecule has 0 aromatic carbocycles. The minimum atomic E-state index is 0.589. The van der Waals surface area contributed by atoms with Crippen molar-refractivity contribution in [3.8, 4) is 0 Å². The van der Waals surface area contributed by atoms with Crippen LogP contribution in [-0.4, -0.2) is 21.2 Å². The fraction of sp³-hybridized carbons (Fsp3) is 0.588. The van der Waals surface area contributed by atoms with Crippen LogP contribution in [0.1, 0.15) is 52.7 Å². The first kappa shape index (κ1) is 14.8. The minimum absolute atomic E-state index is 0.589. The first-order valence-electron chi connectivity index (χ1n) is 7.93. The molecule has 0 N–H and O–H groups in total. The van der Waals surface area contributed by atoms with E-state index in [0.717, 1.165) is 6.54 Å². The Morgan fingerprint density at radius 2 is 2.10 bits per heavy atom. The molecule has 1 aliphatic heterocycles. The van der Waals surface area contributed by atoms with Crippen LogP contribution in [0.25, 0.3) is 0 Å². The van der Waals surface area contributed by atoms with Crippen molar-refractivity contribution in [3.63, 3.8) is 0 Å². The molecule has 1 aliphatic rings. The number of hydrogen-bond acceptors (Lipinski definition) is 3. The zero-order valence-corrected chi connectivity index (χ0v) is 14.1. The highest BCUT2D eigenvalue weighted by Gasteiger charge is 2.24. The minimum Gasteiger partial charge on any atom is -0.291 e. The zero-order valence-electron chi connectivity index (χ0n) is 13.3. The van der Waals surface area contributed by atoms with E-state index in [1.54, 1.807) is 0 Å². The quantitative estimate of drug-likeness (QED) is 0.846. The van der Waals surface area contributed by atoms with Gasteiger partial charge in [0.1, 0.15) is 0 Å². The molecular formula is C17H25N3S. The Labute approximate surface area is 131 Å². The number of aromatic nitrogens is 2. The van der Waals surface area contributed by atoms with Gasteiger partial charge in [-0.2, -0.15) is 5.10 Å². The molecule has 0 unspecified atom stereocenters. The molecule has 2 aromatic heterocycles. The number of likely N-dealkylation sites (tertiary alicyclic amines) is 1. The van der Waals surface area contributed by atoms with Crippen LogP contribution in [0, 0.1) is 13.8 Å². The van der Waals surface area contributed by atoms with Crippen molar-refractivity contribution in [1.29, 1.82) is 0 Å². The summed E-state index contributed by atoms with van der Waals surface area (Å²) in [5.74, 6) is 0. The SMILES string of the molecule is Cc1ccc([C@@H]2CCCCCN2Cc2cn(C)nc2C)s1. The molecule has 0 radical (unpaired) electrons. The molecule has 4 heteroatoms. The summed E-state index contributed by atoms with van der Waals surface area (Å²) in [7, 11) is 2.01. The first-order valence-corrected chi connectivity index (χ1v) is 8.74. The summed E-state index contributed by atoms with van der Waals surface area (Å²) in [6, 6.07) is 5.18. The molecular weight excluding hydrogens is 278 g/mol. The van der Waals surface area contributed by atoms with Gasteiger partial charge in [0.2, 0.25) is 0 Å². The van der Waals surface area contributed by atoms with Crippen molar-refractivity contribution >= 4 is 11.3 Å². The van der Waals surface area contributed by atoms with E-state index in [-0.39, 0.29) is 0 Å². The van der Waals surface area contributed by atoms with Crippen molar-refractivity contribution in [2.24, 2.45) is 7.05 Å². The molecule has 3 heterocycles. The van der Waals surface area contributed by atoms with Gasteiger partial charge in [-0.05, 0) is 45.4 Å². The van der Waals surface area contributed by atoms with Crippen LogP contribution in [0.3, 0.4) is 0 Å². The fourth-order valence-corrected chi connectivity index (χ4v) is 4.38. The van der Waals surface area contributed by atoms with Crippen molar-refractivity contribution in [2.45, 2.75) is 52.1 Å². The third-order valence-corrected chi connectivity index (χ3v) is 5.54. The Morgan fingerprint density at radius 1 is 1.24 bits per heavy atom. The van der Waals surface area contributed by atoms with Gasteiger partial charge in [-0.25, -0.2) is 0 Å². The Hall–Kier alpha value is -1.13. The molecule has 0 saturated carbocycles. The molecule has 0 bridgehead atoms.